The van der Waals surface area contributed by atoms with Crippen molar-refractivity contribution in [1.82, 2.24) is 4.98 Å². The minimum atomic E-state index is -0.779. The lowest BCUT2D eigenvalue weighted by molar-refractivity contribution is -0.138. The Morgan fingerprint density at radius 3 is 2.45 bits per heavy atom. The number of carbonyl (C=O) groups excluding carboxylic acids is 3. The molecule has 0 atom stereocenters. The molecule has 3 rings (SSSR count). The van der Waals surface area contributed by atoms with Crippen LogP contribution in [0.15, 0.2) is 67.0 Å². The van der Waals surface area contributed by atoms with Gasteiger partial charge < -0.3 is 19.1 Å². The second-order valence-electron chi connectivity index (χ2n) is 8.35. The zero-order valence-electron chi connectivity index (χ0n) is 21.0. The van der Waals surface area contributed by atoms with Gasteiger partial charge in [-0.1, -0.05) is 36.9 Å². The van der Waals surface area contributed by atoms with Crippen molar-refractivity contribution in [2.75, 3.05) is 25.2 Å². The Balaban J connectivity index is 2.13. The van der Waals surface area contributed by atoms with Crippen LogP contribution in [0.5, 0.6) is 5.75 Å². The van der Waals surface area contributed by atoms with Gasteiger partial charge in [0.15, 0.2) is 0 Å². The van der Waals surface area contributed by atoms with Crippen LogP contribution >= 0.6 is 11.6 Å². The molecule has 0 N–H and O–H groups in total. The van der Waals surface area contributed by atoms with E-state index in [1.54, 1.807) is 0 Å². The number of hydrogen-bond acceptors (Lipinski definition) is 7. The number of anilines is 1. The van der Waals surface area contributed by atoms with Crippen LogP contribution < -0.4 is 9.64 Å². The fourth-order valence-electron chi connectivity index (χ4n) is 3.99. The van der Waals surface area contributed by atoms with Crippen molar-refractivity contribution in [3.05, 3.63) is 89.0 Å². The van der Waals surface area contributed by atoms with E-state index < -0.39 is 23.7 Å². The summed E-state index contributed by atoms with van der Waals surface area (Å²) in [6.45, 7) is 7.06. The highest BCUT2D eigenvalue weighted by atomic mass is 35.5. The van der Waals surface area contributed by atoms with Crippen molar-refractivity contribution < 1.29 is 33.0 Å². The van der Waals surface area contributed by atoms with Gasteiger partial charge in [0.25, 0.3) is 5.91 Å². The predicted octanol–water partition coefficient (Wildman–Crippen LogP) is 5.36. The van der Waals surface area contributed by atoms with E-state index >= 15 is 4.39 Å². The van der Waals surface area contributed by atoms with Crippen LogP contribution in [-0.2, 0) is 25.6 Å². The van der Waals surface area contributed by atoms with Gasteiger partial charge in [-0.15, -0.1) is 0 Å². The number of hydrogen-bond donors (Lipinski definition) is 0. The monoisotopic (exact) mass is 542 g/mol. The number of methoxy groups -OCH3 is 1. The van der Waals surface area contributed by atoms with E-state index in [0.29, 0.717) is 31.2 Å². The number of halogens is 2. The zero-order valence-corrected chi connectivity index (χ0v) is 21.8. The highest BCUT2D eigenvalue weighted by Crippen LogP contribution is 2.36. The summed E-state index contributed by atoms with van der Waals surface area (Å²) in [6, 6.07) is 3.86. The van der Waals surface area contributed by atoms with Crippen molar-refractivity contribution in [2.24, 2.45) is 0 Å². The van der Waals surface area contributed by atoms with E-state index in [0.717, 1.165) is 6.07 Å². The SMILES string of the molecule is C=CCOC(=O)C1=C(C(=O)N(Cc2cncc(C(=O)OC)c2)c2cc(OCC=C)c(Cl)cc2F)CCCC1. The summed E-state index contributed by atoms with van der Waals surface area (Å²) in [5, 5.41) is 0.0143. The molecule has 0 radical (unpaired) electrons. The molecule has 0 saturated heterocycles. The quantitative estimate of drug-likeness (QED) is 0.279. The van der Waals surface area contributed by atoms with Crippen molar-refractivity contribution in [3.8, 4) is 5.75 Å². The minimum Gasteiger partial charge on any atom is -0.488 e. The maximum absolute atomic E-state index is 15.4. The van der Waals surface area contributed by atoms with Crippen LogP contribution in [0, 0.1) is 5.82 Å². The molecule has 0 aliphatic heterocycles. The number of carbonyl (C=O) groups is 3. The summed E-state index contributed by atoms with van der Waals surface area (Å²) in [5.41, 5.74) is 0.932. The third-order valence-electron chi connectivity index (χ3n) is 5.76. The molecule has 0 fully saturated rings. The fourth-order valence-corrected chi connectivity index (χ4v) is 4.19. The molecule has 0 saturated carbocycles. The van der Waals surface area contributed by atoms with Gasteiger partial charge in [-0.3, -0.25) is 9.78 Å². The number of nitrogens with zero attached hydrogens (tertiary/aromatic N) is 2. The van der Waals surface area contributed by atoms with Gasteiger partial charge in [-0.05, 0) is 43.4 Å². The predicted molar refractivity (Wildman–Crippen MR) is 141 cm³/mol. The molecule has 10 heteroatoms. The first-order valence-corrected chi connectivity index (χ1v) is 12.2. The van der Waals surface area contributed by atoms with Gasteiger partial charge >= 0.3 is 11.9 Å². The molecule has 0 bridgehead atoms. The maximum Gasteiger partial charge on any atom is 0.339 e. The van der Waals surface area contributed by atoms with Gasteiger partial charge in [-0.2, -0.15) is 0 Å². The Morgan fingerprint density at radius 1 is 1.05 bits per heavy atom. The Hall–Kier alpha value is -3.98. The highest BCUT2D eigenvalue weighted by molar-refractivity contribution is 6.32. The third-order valence-corrected chi connectivity index (χ3v) is 6.05. The molecule has 0 unspecified atom stereocenters. The van der Waals surface area contributed by atoms with Crippen molar-refractivity contribution in [1.29, 1.82) is 0 Å². The maximum atomic E-state index is 15.4. The Labute approximate surface area is 225 Å². The molecular weight excluding hydrogens is 515 g/mol. The van der Waals surface area contributed by atoms with Crippen LogP contribution in [0.25, 0.3) is 0 Å². The molecular formula is C28H28ClFN2O6. The number of aromatic nitrogens is 1. The van der Waals surface area contributed by atoms with E-state index in [9.17, 15) is 14.4 Å². The Morgan fingerprint density at radius 2 is 1.76 bits per heavy atom. The fraction of sp³-hybridized carbons (Fsp3) is 0.286. The molecule has 2 aromatic rings. The average molecular weight is 543 g/mol. The molecule has 38 heavy (non-hydrogen) atoms. The second-order valence-corrected chi connectivity index (χ2v) is 8.76. The number of amides is 1. The average Bonchev–Trinajstić information content (AvgIpc) is 2.93. The lowest BCUT2D eigenvalue weighted by Gasteiger charge is -2.28. The van der Waals surface area contributed by atoms with Crippen molar-refractivity contribution in [3.63, 3.8) is 0 Å². The number of esters is 2. The van der Waals surface area contributed by atoms with E-state index in [4.69, 9.17) is 25.8 Å². The van der Waals surface area contributed by atoms with Crippen molar-refractivity contribution >= 4 is 35.1 Å². The van der Waals surface area contributed by atoms with E-state index in [-0.39, 0.29) is 52.9 Å². The summed E-state index contributed by atoms with van der Waals surface area (Å²) in [7, 11) is 1.24. The standard InChI is InChI=1S/C28H28ClFN2O6/c1-4-10-37-25-14-24(23(30)13-22(25)29)32(17-18-12-19(16-31-15-18)27(34)36-3)26(33)20-8-6-7-9-21(20)28(35)38-11-5-2/h4-5,12-16H,1-2,6-11,17H2,3H3. The Kier molecular flexibility index (Phi) is 10.2. The Bertz CT molecular complexity index is 1280. The van der Waals surface area contributed by atoms with Gasteiger partial charge in [0.1, 0.15) is 24.8 Å². The van der Waals surface area contributed by atoms with Crippen LogP contribution in [0.4, 0.5) is 10.1 Å². The lowest BCUT2D eigenvalue weighted by Crippen LogP contribution is -2.34. The van der Waals surface area contributed by atoms with E-state index in [1.807, 2.05) is 0 Å². The highest BCUT2D eigenvalue weighted by Gasteiger charge is 2.31. The van der Waals surface area contributed by atoms with E-state index in [2.05, 4.69) is 18.1 Å². The van der Waals surface area contributed by atoms with Gasteiger partial charge in [0.05, 0.1) is 29.9 Å². The van der Waals surface area contributed by atoms with E-state index in [1.165, 1.54) is 48.7 Å². The molecule has 1 heterocycles. The van der Waals surface area contributed by atoms with Crippen LogP contribution in [0.1, 0.15) is 41.6 Å². The number of ether oxygens (including phenoxy) is 3. The summed E-state index contributed by atoms with van der Waals surface area (Å²) in [5.74, 6) is -2.45. The summed E-state index contributed by atoms with van der Waals surface area (Å²) >= 11 is 6.17. The van der Waals surface area contributed by atoms with Crippen molar-refractivity contribution in [2.45, 2.75) is 32.2 Å². The van der Waals surface area contributed by atoms with Gasteiger partial charge in [-0.25, -0.2) is 14.0 Å². The molecule has 1 aromatic carbocycles. The lowest BCUT2D eigenvalue weighted by atomic mass is 9.90. The molecule has 1 aliphatic rings. The molecule has 200 valence electrons. The van der Waals surface area contributed by atoms with Gasteiger partial charge in [0.2, 0.25) is 0 Å². The number of pyridine rings is 1. The molecule has 1 aromatic heterocycles. The molecule has 8 nitrogen and oxygen atoms in total. The zero-order chi connectivity index (χ0) is 27.7. The normalized spacial score (nSPS) is 12.9. The molecule has 0 spiro atoms. The summed E-state index contributed by atoms with van der Waals surface area (Å²) in [4.78, 5) is 44.0. The summed E-state index contributed by atoms with van der Waals surface area (Å²) in [6.07, 6.45) is 7.74. The van der Waals surface area contributed by atoms with Crippen LogP contribution in [0.2, 0.25) is 5.02 Å². The number of rotatable bonds is 11. The smallest absolute Gasteiger partial charge is 0.339 e. The van der Waals surface area contributed by atoms with Crippen LogP contribution in [0.3, 0.4) is 0 Å². The first-order valence-electron chi connectivity index (χ1n) is 11.9. The minimum absolute atomic E-state index is 0.00464. The topological polar surface area (TPSA) is 95.0 Å². The molecule has 1 amide bonds. The first-order chi connectivity index (χ1) is 18.3. The summed E-state index contributed by atoms with van der Waals surface area (Å²) < 4.78 is 30.9. The third kappa shape index (κ3) is 6.86. The van der Waals surface area contributed by atoms with Crippen LogP contribution in [-0.4, -0.2) is 43.2 Å². The molecule has 1 aliphatic carbocycles. The number of benzene rings is 1. The first kappa shape index (κ1) is 28.6. The largest absolute Gasteiger partial charge is 0.488 e. The van der Waals surface area contributed by atoms with Gasteiger partial charge in [0, 0.05) is 29.6 Å². The second kappa shape index (κ2) is 13.5.